The van der Waals surface area contributed by atoms with Crippen molar-refractivity contribution in [3.63, 3.8) is 0 Å². The predicted molar refractivity (Wildman–Crippen MR) is 88.6 cm³/mol. The highest BCUT2D eigenvalue weighted by Gasteiger charge is 2.14. The van der Waals surface area contributed by atoms with E-state index < -0.39 is 0 Å². The fourth-order valence-corrected chi connectivity index (χ4v) is 2.53. The molecule has 1 atom stereocenters. The smallest absolute Gasteiger partial charge is 0.0579 e. The molecule has 0 aromatic heterocycles. The summed E-state index contributed by atoms with van der Waals surface area (Å²) in [5.41, 5.74) is 3.98. The Hall–Kier alpha value is -1.64. The first-order valence-electron chi connectivity index (χ1n) is 7.74. The van der Waals surface area contributed by atoms with Gasteiger partial charge in [0.2, 0.25) is 0 Å². The summed E-state index contributed by atoms with van der Waals surface area (Å²) in [4.78, 5) is 0. The van der Waals surface area contributed by atoms with Gasteiger partial charge < -0.3 is 10.1 Å². The highest BCUT2D eigenvalue weighted by Crippen LogP contribution is 2.24. The van der Waals surface area contributed by atoms with Crippen LogP contribution >= 0.6 is 0 Å². The van der Waals surface area contributed by atoms with Crippen LogP contribution in [0.2, 0.25) is 0 Å². The molecule has 0 radical (unpaired) electrons. The van der Waals surface area contributed by atoms with Crippen molar-refractivity contribution in [1.82, 2.24) is 5.32 Å². The maximum atomic E-state index is 5.41. The standard InChI is InChI=1S/C19H25NO/c1-3-21-15-9-14-20-19(17-11-5-4-6-12-17)18-13-8-7-10-16(18)2/h4-8,10-13,19-20H,3,9,14-15H2,1-2H3. The van der Waals surface area contributed by atoms with Gasteiger partial charge in [0.05, 0.1) is 6.04 Å². The topological polar surface area (TPSA) is 21.3 Å². The minimum atomic E-state index is 0.244. The normalized spacial score (nSPS) is 12.3. The first kappa shape index (κ1) is 15.7. The molecule has 1 N–H and O–H groups in total. The first-order chi connectivity index (χ1) is 10.3. The number of ether oxygens (including phenoxy) is 1. The van der Waals surface area contributed by atoms with Crippen LogP contribution < -0.4 is 5.32 Å². The van der Waals surface area contributed by atoms with Crippen molar-refractivity contribution in [2.24, 2.45) is 0 Å². The Morgan fingerprint density at radius 2 is 1.71 bits per heavy atom. The van der Waals surface area contributed by atoms with Gasteiger partial charge in [-0.2, -0.15) is 0 Å². The van der Waals surface area contributed by atoms with Crippen LogP contribution in [-0.4, -0.2) is 19.8 Å². The molecule has 0 amide bonds. The zero-order chi connectivity index (χ0) is 14.9. The monoisotopic (exact) mass is 283 g/mol. The fourth-order valence-electron chi connectivity index (χ4n) is 2.53. The third kappa shape index (κ3) is 4.69. The molecule has 1 unspecified atom stereocenters. The lowest BCUT2D eigenvalue weighted by Gasteiger charge is -2.21. The van der Waals surface area contributed by atoms with Gasteiger partial charge in [-0.25, -0.2) is 0 Å². The fraction of sp³-hybridized carbons (Fsp3) is 0.368. The molecule has 0 bridgehead atoms. The molecule has 2 aromatic carbocycles. The summed E-state index contributed by atoms with van der Waals surface area (Å²) in [5.74, 6) is 0. The van der Waals surface area contributed by atoms with Crippen LogP contribution in [0, 0.1) is 6.92 Å². The van der Waals surface area contributed by atoms with E-state index in [1.165, 1.54) is 16.7 Å². The van der Waals surface area contributed by atoms with Crippen LogP contribution in [0.25, 0.3) is 0 Å². The van der Waals surface area contributed by atoms with E-state index in [1.54, 1.807) is 0 Å². The zero-order valence-corrected chi connectivity index (χ0v) is 13.0. The van der Waals surface area contributed by atoms with Crippen LogP contribution in [0.3, 0.4) is 0 Å². The molecule has 0 spiro atoms. The quantitative estimate of drug-likeness (QED) is 0.736. The molecule has 0 aliphatic heterocycles. The summed E-state index contributed by atoms with van der Waals surface area (Å²) in [6.45, 7) is 6.77. The second-order valence-electron chi connectivity index (χ2n) is 5.20. The number of benzene rings is 2. The lowest BCUT2D eigenvalue weighted by molar-refractivity contribution is 0.144. The molecule has 2 nitrogen and oxygen atoms in total. The van der Waals surface area contributed by atoms with Gasteiger partial charge in [-0.3, -0.25) is 0 Å². The number of nitrogens with one attached hydrogen (secondary N) is 1. The first-order valence-corrected chi connectivity index (χ1v) is 7.74. The van der Waals surface area contributed by atoms with Crippen LogP contribution in [0.5, 0.6) is 0 Å². The Morgan fingerprint density at radius 3 is 2.43 bits per heavy atom. The Labute approximate surface area is 128 Å². The van der Waals surface area contributed by atoms with Gasteiger partial charge in [0.15, 0.2) is 0 Å². The second kappa shape index (κ2) is 8.60. The van der Waals surface area contributed by atoms with Crippen molar-refractivity contribution < 1.29 is 4.74 Å². The number of aryl methyl sites for hydroxylation is 1. The number of rotatable bonds is 8. The molecule has 112 valence electrons. The Morgan fingerprint density at radius 1 is 1.00 bits per heavy atom. The van der Waals surface area contributed by atoms with E-state index in [9.17, 15) is 0 Å². The van der Waals surface area contributed by atoms with Crippen molar-refractivity contribution in [1.29, 1.82) is 0 Å². The van der Waals surface area contributed by atoms with Crippen molar-refractivity contribution in [2.45, 2.75) is 26.3 Å². The van der Waals surface area contributed by atoms with Crippen LogP contribution in [-0.2, 0) is 4.74 Å². The van der Waals surface area contributed by atoms with Gasteiger partial charge in [0, 0.05) is 13.2 Å². The van der Waals surface area contributed by atoms with E-state index in [4.69, 9.17) is 4.74 Å². The van der Waals surface area contributed by atoms with Crippen LogP contribution in [0.1, 0.15) is 36.1 Å². The van der Waals surface area contributed by atoms with E-state index in [0.29, 0.717) is 0 Å². The van der Waals surface area contributed by atoms with Crippen molar-refractivity contribution in [3.8, 4) is 0 Å². The maximum Gasteiger partial charge on any atom is 0.0579 e. The molecule has 2 heteroatoms. The van der Waals surface area contributed by atoms with Crippen LogP contribution in [0.15, 0.2) is 54.6 Å². The molecule has 21 heavy (non-hydrogen) atoms. The molecular weight excluding hydrogens is 258 g/mol. The van der Waals surface area contributed by atoms with Gasteiger partial charge in [-0.05, 0) is 43.5 Å². The van der Waals surface area contributed by atoms with E-state index in [0.717, 1.165) is 26.2 Å². The zero-order valence-electron chi connectivity index (χ0n) is 13.0. The van der Waals surface area contributed by atoms with Crippen molar-refractivity contribution in [2.75, 3.05) is 19.8 Å². The number of hydrogen-bond acceptors (Lipinski definition) is 2. The Bertz CT molecular complexity index is 524. The average molecular weight is 283 g/mol. The number of hydrogen-bond donors (Lipinski definition) is 1. The average Bonchev–Trinajstić information content (AvgIpc) is 2.53. The Kier molecular flexibility index (Phi) is 6.45. The molecule has 0 saturated carbocycles. The van der Waals surface area contributed by atoms with Gasteiger partial charge in [-0.1, -0.05) is 54.6 Å². The predicted octanol–water partition coefficient (Wildman–Crippen LogP) is 4.10. The van der Waals surface area contributed by atoms with Gasteiger partial charge in [0.1, 0.15) is 0 Å². The largest absolute Gasteiger partial charge is 0.382 e. The summed E-state index contributed by atoms with van der Waals surface area (Å²) in [7, 11) is 0. The van der Waals surface area contributed by atoms with Crippen LogP contribution in [0.4, 0.5) is 0 Å². The summed E-state index contributed by atoms with van der Waals surface area (Å²) in [6, 6.07) is 19.5. The molecule has 0 aliphatic rings. The lowest BCUT2D eigenvalue weighted by atomic mass is 9.95. The minimum absolute atomic E-state index is 0.244. The molecule has 0 aliphatic carbocycles. The SMILES string of the molecule is CCOCCCNC(c1ccccc1)c1ccccc1C. The molecule has 0 heterocycles. The van der Waals surface area contributed by atoms with Gasteiger partial charge in [0.25, 0.3) is 0 Å². The summed E-state index contributed by atoms with van der Waals surface area (Å²) in [6.07, 6.45) is 1.03. The molecule has 2 aromatic rings. The maximum absolute atomic E-state index is 5.41. The lowest BCUT2D eigenvalue weighted by Crippen LogP contribution is -2.25. The third-order valence-corrected chi connectivity index (χ3v) is 3.65. The summed E-state index contributed by atoms with van der Waals surface area (Å²) < 4.78 is 5.41. The molecule has 0 saturated heterocycles. The highest BCUT2D eigenvalue weighted by molar-refractivity contribution is 5.36. The van der Waals surface area contributed by atoms with E-state index >= 15 is 0 Å². The Balaban J connectivity index is 2.10. The van der Waals surface area contributed by atoms with Crippen molar-refractivity contribution in [3.05, 3.63) is 71.3 Å². The highest BCUT2D eigenvalue weighted by atomic mass is 16.5. The second-order valence-corrected chi connectivity index (χ2v) is 5.20. The third-order valence-electron chi connectivity index (χ3n) is 3.65. The molecule has 2 rings (SSSR count). The minimum Gasteiger partial charge on any atom is -0.382 e. The van der Waals surface area contributed by atoms with Gasteiger partial charge in [-0.15, -0.1) is 0 Å². The van der Waals surface area contributed by atoms with E-state index in [1.807, 2.05) is 6.92 Å². The van der Waals surface area contributed by atoms with E-state index in [-0.39, 0.29) is 6.04 Å². The van der Waals surface area contributed by atoms with Crippen molar-refractivity contribution >= 4 is 0 Å². The van der Waals surface area contributed by atoms with Gasteiger partial charge >= 0.3 is 0 Å². The molecular formula is C19H25NO. The molecule has 0 fully saturated rings. The summed E-state index contributed by atoms with van der Waals surface area (Å²) >= 11 is 0. The summed E-state index contributed by atoms with van der Waals surface area (Å²) in [5, 5.41) is 3.67. The van der Waals surface area contributed by atoms with E-state index in [2.05, 4.69) is 66.8 Å².